The van der Waals surface area contributed by atoms with E-state index >= 15 is 0 Å². The minimum absolute atomic E-state index is 0.191. The van der Waals surface area contributed by atoms with Gasteiger partial charge < -0.3 is 20.1 Å². The van der Waals surface area contributed by atoms with Crippen LogP contribution in [0.4, 0.5) is 5.69 Å². The molecule has 0 atom stereocenters. The number of anilines is 1. The molecule has 2 N–H and O–H groups in total. The van der Waals surface area contributed by atoms with Crippen molar-refractivity contribution in [2.45, 2.75) is 0 Å². The third-order valence-corrected chi connectivity index (χ3v) is 4.09. The molecule has 2 amide bonds. The molecule has 0 saturated carbocycles. The minimum atomic E-state index is -0.409. The van der Waals surface area contributed by atoms with Crippen LogP contribution in [-0.2, 0) is 4.79 Å². The lowest BCUT2D eigenvalue weighted by atomic mass is 10.2. The average molecular weight is 428 g/mol. The summed E-state index contributed by atoms with van der Waals surface area (Å²) in [5, 5.41) is 5.57. The quantitative estimate of drug-likeness (QED) is 0.740. The second kappa shape index (κ2) is 8.73. The van der Waals surface area contributed by atoms with Crippen molar-refractivity contribution in [3.05, 3.63) is 51.5 Å². The second-order valence-corrected chi connectivity index (χ2v) is 6.25. The van der Waals surface area contributed by atoms with Crippen molar-refractivity contribution in [1.82, 2.24) is 5.32 Å². The number of halogens is 2. The van der Waals surface area contributed by atoms with Crippen LogP contribution in [0.5, 0.6) is 11.5 Å². The Kier molecular flexibility index (Phi) is 6.66. The van der Waals surface area contributed by atoms with E-state index < -0.39 is 5.91 Å². The lowest BCUT2D eigenvalue weighted by molar-refractivity contribution is -0.115. The van der Waals surface area contributed by atoms with Gasteiger partial charge in [-0.25, -0.2) is 0 Å². The van der Waals surface area contributed by atoms with E-state index in [4.69, 9.17) is 21.1 Å². The Bertz CT molecular complexity index is 781. The monoisotopic (exact) mass is 426 g/mol. The molecule has 8 heteroatoms. The zero-order valence-electron chi connectivity index (χ0n) is 13.6. The van der Waals surface area contributed by atoms with Crippen LogP contribution in [0.1, 0.15) is 10.4 Å². The molecule has 0 spiro atoms. The fourth-order valence-electron chi connectivity index (χ4n) is 2.02. The van der Waals surface area contributed by atoms with Crippen LogP contribution in [0.15, 0.2) is 40.9 Å². The molecule has 2 aromatic rings. The number of carbonyl (C=O) groups is 2. The normalized spacial score (nSPS) is 10.1. The number of hydrogen-bond donors (Lipinski definition) is 2. The standard InChI is InChI=1S/C17H16BrClN2O4/c1-24-14-8-13(15(25-2)7-12(14)19)21-16(22)9-20-17(23)10-3-5-11(18)6-4-10/h3-8H,9H2,1-2H3,(H,20,23)(H,21,22). The highest BCUT2D eigenvalue weighted by Gasteiger charge is 2.13. The molecule has 6 nitrogen and oxygen atoms in total. The van der Waals surface area contributed by atoms with E-state index in [1.165, 1.54) is 20.3 Å². The topological polar surface area (TPSA) is 76.7 Å². The Morgan fingerprint density at radius 1 is 1.08 bits per heavy atom. The minimum Gasteiger partial charge on any atom is -0.495 e. The molecule has 0 aliphatic heterocycles. The first-order chi connectivity index (χ1) is 11.9. The number of methoxy groups -OCH3 is 2. The van der Waals surface area contributed by atoms with E-state index in [0.29, 0.717) is 27.8 Å². The second-order valence-electron chi connectivity index (χ2n) is 4.92. The molecular weight excluding hydrogens is 412 g/mol. The van der Waals surface area contributed by atoms with Gasteiger partial charge in [-0.15, -0.1) is 0 Å². The first-order valence-electron chi connectivity index (χ1n) is 7.19. The summed E-state index contributed by atoms with van der Waals surface area (Å²) < 4.78 is 11.2. The van der Waals surface area contributed by atoms with Gasteiger partial charge in [-0.3, -0.25) is 9.59 Å². The van der Waals surface area contributed by atoms with Crippen LogP contribution in [0.3, 0.4) is 0 Å². The Labute approximate surface area is 158 Å². The van der Waals surface area contributed by atoms with Crippen molar-refractivity contribution in [1.29, 1.82) is 0 Å². The molecule has 2 aromatic carbocycles. The summed E-state index contributed by atoms with van der Waals surface area (Å²) in [5.74, 6) is 0.0338. The zero-order chi connectivity index (χ0) is 18.4. The molecule has 0 bridgehead atoms. The molecule has 25 heavy (non-hydrogen) atoms. The SMILES string of the molecule is COc1cc(NC(=O)CNC(=O)c2ccc(Br)cc2)c(OC)cc1Cl. The number of ether oxygens (including phenoxy) is 2. The van der Waals surface area contributed by atoms with Crippen LogP contribution in [0, 0.1) is 0 Å². The molecule has 0 aliphatic carbocycles. The van der Waals surface area contributed by atoms with Crippen molar-refractivity contribution >= 4 is 45.0 Å². The first-order valence-corrected chi connectivity index (χ1v) is 8.37. The van der Waals surface area contributed by atoms with Crippen molar-refractivity contribution in [3.63, 3.8) is 0 Å². The van der Waals surface area contributed by atoms with Crippen LogP contribution in [-0.4, -0.2) is 32.6 Å². The van der Waals surface area contributed by atoms with E-state index in [0.717, 1.165) is 4.47 Å². The van der Waals surface area contributed by atoms with Crippen molar-refractivity contribution in [2.75, 3.05) is 26.1 Å². The Hall–Kier alpha value is -2.25. The Morgan fingerprint density at radius 3 is 2.32 bits per heavy atom. The van der Waals surface area contributed by atoms with Gasteiger partial charge >= 0.3 is 0 Å². The molecule has 0 heterocycles. The van der Waals surface area contributed by atoms with Crippen molar-refractivity contribution in [2.24, 2.45) is 0 Å². The van der Waals surface area contributed by atoms with Gasteiger partial charge in [-0.05, 0) is 24.3 Å². The maximum absolute atomic E-state index is 12.1. The highest BCUT2D eigenvalue weighted by atomic mass is 79.9. The largest absolute Gasteiger partial charge is 0.495 e. The predicted molar refractivity (Wildman–Crippen MR) is 99.7 cm³/mol. The van der Waals surface area contributed by atoms with E-state index in [2.05, 4.69) is 26.6 Å². The van der Waals surface area contributed by atoms with Crippen LogP contribution < -0.4 is 20.1 Å². The smallest absolute Gasteiger partial charge is 0.251 e. The van der Waals surface area contributed by atoms with Crippen LogP contribution in [0.25, 0.3) is 0 Å². The molecule has 0 fully saturated rings. The van der Waals surface area contributed by atoms with E-state index in [9.17, 15) is 9.59 Å². The van der Waals surface area contributed by atoms with Gasteiger partial charge in [-0.1, -0.05) is 27.5 Å². The fraction of sp³-hybridized carbons (Fsp3) is 0.176. The van der Waals surface area contributed by atoms with Gasteiger partial charge in [0.05, 0.1) is 31.5 Å². The van der Waals surface area contributed by atoms with E-state index in [1.807, 2.05) is 0 Å². The molecule has 0 radical (unpaired) electrons. The third-order valence-electron chi connectivity index (χ3n) is 3.26. The summed E-state index contributed by atoms with van der Waals surface area (Å²) in [7, 11) is 2.93. The Balaban J connectivity index is 2.00. The lowest BCUT2D eigenvalue weighted by Crippen LogP contribution is -2.32. The van der Waals surface area contributed by atoms with E-state index in [1.54, 1.807) is 30.3 Å². The number of hydrogen-bond acceptors (Lipinski definition) is 4. The van der Waals surface area contributed by atoms with Gasteiger partial charge in [0, 0.05) is 22.2 Å². The summed E-state index contributed by atoms with van der Waals surface area (Å²) in [5.41, 5.74) is 0.855. The van der Waals surface area contributed by atoms with E-state index in [-0.39, 0.29) is 12.5 Å². The summed E-state index contributed by atoms with van der Waals surface area (Å²) in [4.78, 5) is 24.1. The number of carbonyl (C=O) groups excluding carboxylic acids is 2. The molecule has 132 valence electrons. The van der Waals surface area contributed by atoms with Gasteiger partial charge in [0.25, 0.3) is 5.91 Å². The van der Waals surface area contributed by atoms with Gasteiger partial charge in [-0.2, -0.15) is 0 Å². The van der Waals surface area contributed by atoms with Gasteiger partial charge in [0.1, 0.15) is 11.5 Å². The summed E-state index contributed by atoms with van der Waals surface area (Å²) in [6, 6.07) is 9.90. The number of amides is 2. The molecule has 0 aromatic heterocycles. The lowest BCUT2D eigenvalue weighted by Gasteiger charge is -2.13. The summed E-state index contributed by atoms with van der Waals surface area (Å²) in [6.07, 6.45) is 0. The molecule has 0 unspecified atom stereocenters. The highest BCUT2D eigenvalue weighted by Crippen LogP contribution is 2.35. The van der Waals surface area contributed by atoms with Crippen molar-refractivity contribution in [3.8, 4) is 11.5 Å². The first kappa shape index (κ1) is 19.1. The maximum atomic E-state index is 12.1. The molecular formula is C17H16BrClN2O4. The maximum Gasteiger partial charge on any atom is 0.251 e. The fourth-order valence-corrected chi connectivity index (χ4v) is 2.51. The molecule has 0 saturated heterocycles. The predicted octanol–water partition coefficient (Wildman–Crippen LogP) is 3.49. The third kappa shape index (κ3) is 5.11. The number of benzene rings is 2. The zero-order valence-corrected chi connectivity index (χ0v) is 15.9. The van der Waals surface area contributed by atoms with Gasteiger partial charge in [0.15, 0.2) is 0 Å². The highest BCUT2D eigenvalue weighted by molar-refractivity contribution is 9.10. The summed E-state index contributed by atoms with van der Waals surface area (Å²) in [6.45, 7) is -0.191. The van der Waals surface area contributed by atoms with Crippen LogP contribution in [0.2, 0.25) is 5.02 Å². The number of rotatable bonds is 6. The average Bonchev–Trinajstić information content (AvgIpc) is 2.61. The summed E-state index contributed by atoms with van der Waals surface area (Å²) >= 11 is 9.32. The molecule has 2 rings (SSSR count). The Morgan fingerprint density at radius 2 is 1.72 bits per heavy atom. The van der Waals surface area contributed by atoms with Crippen LogP contribution >= 0.6 is 27.5 Å². The molecule has 0 aliphatic rings. The van der Waals surface area contributed by atoms with Crippen molar-refractivity contribution < 1.29 is 19.1 Å². The van der Waals surface area contributed by atoms with Gasteiger partial charge in [0.2, 0.25) is 5.91 Å². The number of nitrogens with one attached hydrogen (secondary N) is 2.